The van der Waals surface area contributed by atoms with E-state index in [-0.39, 0.29) is 6.09 Å². The van der Waals surface area contributed by atoms with E-state index in [0.29, 0.717) is 24.8 Å². The zero-order valence-corrected chi connectivity index (χ0v) is 14.6. The van der Waals surface area contributed by atoms with Gasteiger partial charge in [0.05, 0.1) is 0 Å². The molecule has 1 aliphatic rings. The number of nitrogens with zero attached hydrogens (tertiary/aromatic N) is 1. The van der Waals surface area contributed by atoms with Crippen LogP contribution in [0, 0.1) is 0 Å². The molecule has 2 aromatic rings. The third kappa shape index (κ3) is 3.48. The molecular weight excluding hydrogens is 302 g/mol. The van der Waals surface area contributed by atoms with Crippen LogP contribution in [0.15, 0.2) is 36.4 Å². The molecule has 0 bridgehead atoms. The predicted molar refractivity (Wildman–Crippen MR) is 95.4 cm³/mol. The molecule has 1 saturated heterocycles. The second-order valence-corrected chi connectivity index (χ2v) is 7.46. The number of benzene rings is 2. The number of aromatic hydroxyl groups is 1. The van der Waals surface area contributed by atoms with E-state index in [9.17, 15) is 9.90 Å². The van der Waals surface area contributed by atoms with E-state index in [0.717, 1.165) is 23.6 Å². The molecule has 1 N–H and O–H groups in total. The van der Waals surface area contributed by atoms with Crippen LogP contribution in [0.1, 0.15) is 45.1 Å². The van der Waals surface area contributed by atoms with E-state index >= 15 is 0 Å². The van der Waals surface area contributed by atoms with Gasteiger partial charge in [-0.3, -0.25) is 0 Å². The van der Waals surface area contributed by atoms with E-state index in [1.807, 2.05) is 45.0 Å². The molecule has 0 atom stereocenters. The van der Waals surface area contributed by atoms with Gasteiger partial charge in [-0.1, -0.05) is 30.3 Å². The van der Waals surface area contributed by atoms with E-state index in [2.05, 4.69) is 6.07 Å². The molecule has 128 valence electrons. The van der Waals surface area contributed by atoms with Crippen molar-refractivity contribution in [2.24, 2.45) is 0 Å². The number of hydrogen-bond donors (Lipinski definition) is 1. The fourth-order valence-electron chi connectivity index (χ4n) is 3.36. The molecule has 1 amide bonds. The monoisotopic (exact) mass is 327 g/mol. The molecule has 0 unspecified atom stereocenters. The Kier molecular flexibility index (Phi) is 4.39. The second-order valence-electron chi connectivity index (χ2n) is 7.46. The van der Waals surface area contributed by atoms with E-state index in [1.165, 1.54) is 5.56 Å². The highest BCUT2D eigenvalue weighted by molar-refractivity contribution is 5.91. The van der Waals surface area contributed by atoms with Crippen LogP contribution in [0.3, 0.4) is 0 Å². The smallest absolute Gasteiger partial charge is 0.410 e. The maximum atomic E-state index is 12.2. The Bertz CT molecular complexity index is 740. The van der Waals surface area contributed by atoms with Crippen LogP contribution in [0.4, 0.5) is 4.79 Å². The summed E-state index contributed by atoms with van der Waals surface area (Å²) in [5.74, 6) is 0.717. The molecule has 0 aliphatic carbocycles. The molecule has 1 aliphatic heterocycles. The van der Waals surface area contributed by atoms with Crippen molar-refractivity contribution < 1.29 is 14.6 Å². The van der Waals surface area contributed by atoms with Crippen molar-refractivity contribution in [3.63, 3.8) is 0 Å². The first kappa shape index (κ1) is 16.6. The summed E-state index contributed by atoms with van der Waals surface area (Å²) in [6.45, 7) is 7.07. The van der Waals surface area contributed by atoms with Gasteiger partial charge in [-0.05, 0) is 56.5 Å². The average Bonchev–Trinajstić information content (AvgIpc) is 2.54. The average molecular weight is 327 g/mol. The molecule has 0 spiro atoms. The first-order valence-corrected chi connectivity index (χ1v) is 8.54. The van der Waals surface area contributed by atoms with E-state index in [1.54, 1.807) is 11.0 Å². The third-order valence-corrected chi connectivity index (χ3v) is 4.52. The van der Waals surface area contributed by atoms with Gasteiger partial charge in [-0.15, -0.1) is 0 Å². The summed E-state index contributed by atoms with van der Waals surface area (Å²) in [6, 6.07) is 11.7. The van der Waals surface area contributed by atoms with Gasteiger partial charge >= 0.3 is 6.09 Å². The molecule has 0 saturated carbocycles. The number of likely N-dealkylation sites (tertiary alicyclic amines) is 1. The number of amides is 1. The molecule has 0 aromatic heterocycles. The number of ether oxygens (including phenoxy) is 1. The fourth-order valence-corrected chi connectivity index (χ4v) is 3.36. The quantitative estimate of drug-likeness (QED) is 0.829. The van der Waals surface area contributed by atoms with Crippen molar-refractivity contribution in [1.82, 2.24) is 4.90 Å². The number of carbonyl (C=O) groups excluding carboxylic acids is 1. The summed E-state index contributed by atoms with van der Waals surface area (Å²) in [7, 11) is 0. The standard InChI is InChI=1S/C20H25NO3/c1-20(2,3)24-19(23)21-12-10-14(11-13-21)15-8-9-18(22)17-7-5-4-6-16(15)17/h4-9,14,22H,10-13H2,1-3H3. The van der Waals surface area contributed by atoms with Gasteiger partial charge in [0.2, 0.25) is 0 Å². The summed E-state index contributed by atoms with van der Waals surface area (Å²) in [4.78, 5) is 14.0. The number of hydrogen-bond acceptors (Lipinski definition) is 3. The maximum Gasteiger partial charge on any atom is 0.410 e. The Labute approximate surface area is 143 Å². The Morgan fingerprint density at radius 3 is 2.33 bits per heavy atom. The highest BCUT2D eigenvalue weighted by atomic mass is 16.6. The molecule has 2 aromatic carbocycles. The molecule has 3 rings (SSSR count). The van der Waals surface area contributed by atoms with Crippen molar-refractivity contribution in [1.29, 1.82) is 0 Å². The van der Waals surface area contributed by atoms with Crippen LogP contribution in [-0.2, 0) is 4.74 Å². The molecule has 0 radical (unpaired) electrons. The highest BCUT2D eigenvalue weighted by Gasteiger charge is 2.28. The predicted octanol–water partition coefficient (Wildman–Crippen LogP) is 4.66. The van der Waals surface area contributed by atoms with Crippen LogP contribution in [0.25, 0.3) is 10.8 Å². The van der Waals surface area contributed by atoms with Crippen molar-refractivity contribution in [3.05, 3.63) is 42.0 Å². The van der Waals surface area contributed by atoms with Crippen LogP contribution < -0.4 is 0 Å². The summed E-state index contributed by atoms with van der Waals surface area (Å²) in [5, 5.41) is 12.0. The minimum absolute atomic E-state index is 0.225. The summed E-state index contributed by atoms with van der Waals surface area (Å²) in [6.07, 6.45) is 1.60. The van der Waals surface area contributed by atoms with E-state index < -0.39 is 5.60 Å². The lowest BCUT2D eigenvalue weighted by molar-refractivity contribution is 0.0205. The number of phenols is 1. The van der Waals surface area contributed by atoms with Gasteiger partial charge in [0.15, 0.2) is 0 Å². The van der Waals surface area contributed by atoms with Gasteiger partial charge in [-0.2, -0.15) is 0 Å². The van der Waals surface area contributed by atoms with Crippen LogP contribution in [-0.4, -0.2) is 34.8 Å². The van der Waals surface area contributed by atoms with Crippen molar-refractivity contribution in [2.75, 3.05) is 13.1 Å². The number of phenolic OH excluding ortho intramolecular Hbond substituents is 1. The lowest BCUT2D eigenvalue weighted by atomic mass is 9.86. The van der Waals surface area contributed by atoms with Crippen molar-refractivity contribution in [3.8, 4) is 5.75 Å². The largest absolute Gasteiger partial charge is 0.507 e. The Morgan fingerprint density at radius 1 is 1.08 bits per heavy atom. The molecule has 24 heavy (non-hydrogen) atoms. The maximum absolute atomic E-state index is 12.2. The topological polar surface area (TPSA) is 49.8 Å². The van der Waals surface area contributed by atoms with Gasteiger partial charge in [0, 0.05) is 18.5 Å². The molecule has 4 heteroatoms. The lowest BCUT2D eigenvalue weighted by Crippen LogP contribution is -2.41. The fraction of sp³-hybridized carbons (Fsp3) is 0.450. The third-order valence-electron chi connectivity index (χ3n) is 4.52. The first-order chi connectivity index (χ1) is 11.3. The van der Waals surface area contributed by atoms with Gasteiger partial charge in [0.25, 0.3) is 0 Å². The summed E-state index contributed by atoms with van der Waals surface area (Å²) in [5.41, 5.74) is 0.799. The Morgan fingerprint density at radius 2 is 1.71 bits per heavy atom. The van der Waals surface area contributed by atoms with Crippen LogP contribution in [0.2, 0.25) is 0 Å². The second kappa shape index (κ2) is 6.34. The number of rotatable bonds is 1. The van der Waals surface area contributed by atoms with E-state index in [4.69, 9.17) is 4.74 Å². The van der Waals surface area contributed by atoms with Gasteiger partial charge in [0.1, 0.15) is 11.4 Å². The summed E-state index contributed by atoms with van der Waals surface area (Å²) < 4.78 is 5.46. The van der Waals surface area contributed by atoms with Crippen molar-refractivity contribution >= 4 is 16.9 Å². The van der Waals surface area contributed by atoms with Gasteiger partial charge in [-0.25, -0.2) is 4.79 Å². The molecule has 1 fully saturated rings. The molecular formula is C20H25NO3. The zero-order valence-electron chi connectivity index (χ0n) is 14.6. The van der Waals surface area contributed by atoms with Crippen LogP contribution >= 0.6 is 0 Å². The Hall–Kier alpha value is -2.23. The van der Waals surface area contributed by atoms with Gasteiger partial charge < -0.3 is 14.7 Å². The normalized spacial score (nSPS) is 16.4. The van der Waals surface area contributed by atoms with Crippen molar-refractivity contribution in [2.45, 2.75) is 45.1 Å². The lowest BCUT2D eigenvalue weighted by Gasteiger charge is -2.34. The number of carbonyl (C=O) groups is 1. The molecule has 1 heterocycles. The Balaban J connectivity index is 1.74. The summed E-state index contributed by atoms with van der Waals surface area (Å²) >= 11 is 0. The van der Waals surface area contributed by atoms with Crippen LogP contribution in [0.5, 0.6) is 5.75 Å². The first-order valence-electron chi connectivity index (χ1n) is 8.54. The minimum atomic E-state index is -0.457. The number of piperidine rings is 1. The highest BCUT2D eigenvalue weighted by Crippen LogP contribution is 2.36. The molecule has 4 nitrogen and oxygen atoms in total. The minimum Gasteiger partial charge on any atom is -0.507 e. The SMILES string of the molecule is CC(C)(C)OC(=O)N1CCC(c2ccc(O)c3ccccc23)CC1. The number of fused-ring (bicyclic) bond motifs is 1. The zero-order chi connectivity index (χ0) is 17.3.